The molecule has 0 fully saturated rings. The molecule has 3 aromatic rings. The first kappa shape index (κ1) is 11.0. The van der Waals surface area contributed by atoms with Gasteiger partial charge in [-0.1, -0.05) is 18.2 Å². The minimum Gasteiger partial charge on any atom is -0.414 e. The van der Waals surface area contributed by atoms with E-state index in [0.717, 1.165) is 11.3 Å². The van der Waals surface area contributed by atoms with Gasteiger partial charge in [-0.2, -0.15) is 4.98 Å². The van der Waals surface area contributed by atoms with E-state index in [0.29, 0.717) is 10.3 Å². The molecule has 90 valence electrons. The number of nitrogens with one attached hydrogen (secondary N) is 1. The van der Waals surface area contributed by atoms with Crippen LogP contribution < -0.4 is 10.9 Å². The molecule has 1 aromatic carbocycles. The van der Waals surface area contributed by atoms with Crippen LogP contribution in [-0.4, -0.2) is 4.98 Å². The van der Waals surface area contributed by atoms with Crippen LogP contribution in [0.2, 0.25) is 0 Å². The van der Waals surface area contributed by atoms with Gasteiger partial charge in [-0.25, -0.2) is 0 Å². The maximum Gasteiger partial charge on any atom is 0.303 e. The molecule has 0 spiro atoms. The minimum atomic E-state index is -0.256. The van der Waals surface area contributed by atoms with E-state index in [2.05, 4.69) is 10.3 Å². The number of aromatic nitrogens is 1. The molecule has 0 saturated carbocycles. The second-order valence-electron chi connectivity index (χ2n) is 3.90. The lowest BCUT2D eigenvalue weighted by Crippen LogP contribution is -2.08. The summed E-state index contributed by atoms with van der Waals surface area (Å²) in [5.74, 6) is 0. The number of hydrogen-bond donors (Lipinski definition) is 1. The smallest absolute Gasteiger partial charge is 0.303 e. The quantitative estimate of drug-likeness (QED) is 0.766. The molecule has 0 radical (unpaired) electrons. The fraction of sp³-hybridized carbons (Fsp3) is 0.0769. The summed E-state index contributed by atoms with van der Waals surface area (Å²) in [7, 11) is 0. The van der Waals surface area contributed by atoms with Crippen molar-refractivity contribution in [2.24, 2.45) is 0 Å². The highest BCUT2D eigenvalue weighted by Gasteiger charge is 2.10. The number of rotatable bonds is 2. The summed E-state index contributed by atoms with van der Waals surface area (Å²) in [5.41, 5.74) is 1.48. The van der Waals surface area contributed by atoms with Crippen molar-refractivity contribution in [3.63, 3.8) is 0 Å². The van der Waals surface area contributed by atoms with Crippen molar-refractivity contribution in [3.8, 4) is 0 Å². The second-order valence-corrected chi connectivity index (χ2v) is 4.74. The van der Waals surface area contributed by atoms with E-state index in [9.17, 15) is 4.79 Å². The van der Waals surface area contributed by atoms with Gasteiger partial charge in [0.2, 0.25) is 0 Å². The molecular formula is C13H10N2O2S. The lowest BCUT2D eigenvalue weighted by atomic mass is 10.3. The number of aryl methyl sites for hydroxylation is 1. The van der Waals surface area contributed by atoms with Crippen LogP contribution in [0, 0.1) is 6.92 Å². The first-order chi connectivity index (χ1) is 8.74. The van der Waals surface area contributed by atoms with Crippen molar-refractivity contribution in [1.29, 1.82) is 0 Å². The van der Waals surface area contributed by atoms with E-state index < -0.39 is 0 Å². The third-order valence-corrected chi connectivity index (χ3v) is 3.55. The standard InChI is InChI=1S/C13H10N2O2S/c1-8-7-18-12-10(8)11(16)15-13(17-12)14-9-5-3-2-4-6-9/h2-7H,1H3,(H,14,15,16). The average molecular weight is 258 g/mol. The van der Waals surface area contributed by atoms with E-state index in [1.54, 1.807) is 0 Å². The molecule has 2 aromatic heterocycles. The van der Waals surface area contributed by atoms with Gasteiger partial charge in [0, 0.05) is 5.69 Å². The Morgan fingerprint density at radius 1 is 1.28 bits per heavy atom. The average Bonchev–Trinajstić information content (AvgIpc) is 2.72. The topological polar surface area (TPSA) is 55.1 Å². The van der Waals surface area contributed by atoms with E-state index in [1.165, 1.54) is 11.3 Å². The Hall–Kier alpha value is -2.14. The molecule has 0 aliphatic carbocycles. The zero-order valence-electron chi connectivity index (χ0n) is 9.64. The van der Waals surface area contributed by atoms with Crippen LogP contribution in [-0.2, 0) is 0 Å². The Labute approximate surface area is 107 Å². The Morgan fingerprint density at radius 2 is 2.06 bits per heavy atom. The molecule has 0 atom stereocenters. The number of thiophene rings is 1. The maximum absolute atomic E-state index is 11.9. The number of nitrogens with zero attached hydrogens (tertiary/aromatic N) is 1. The highest BCUT2D eigenvalue weighted by molar-refractivity contribution is 7.16. The van der Waals surface area contributed by atoms with Gasteiger partial charge in [0.1, 0.15) is 0 Å². The zero-order valence-corrected chi connectivity index (χ0v) is 10.5. The van der Waals surface area contributed by atoms with Crippen LogP contribution in [0.1, 0.15) is 5.56 Å². The Balaban J connectivity index is 2.06. The van der Waals surface area contributed by atoms with Crippen molar-refractivity contribution < 1.29 is 4.42 Å². The maximum atomic E-state index is 11.9. The normalized spacial score (nSPS) is 10.7. The van der Waals surface area contributed by atoms with Crippen LogP contribution in [0.15, 0.2) is 44.9 Å². The Morgan fingerprint density at radius 3 is 2.83 bits per heavy atom. The third-order valence-electron chi connectivity index (χ3n) is 2.57. The van der Waals surface area contributed by atoms with Crippen LogP contribution in [0.5, 0.6) is 0 Å². The monoisotopic (exact) mass is 258 g/mol. The van der Waals surface area contributed by atoms with E-state index in [-0.39, 0.29) is 11.6 Å². The second kappa shape index (κ2) is 4.27. The first-order valence-electron chi connectivity index (χ1n) is 5.45. The van der Waals surface area contributed by atoms with Crippen LogP contribution in [0.25, 0.3) is 10.3 Å². The lowest BCUT2D eigenvalue weighted by molar-refractivity contribution is 0.606. The van der Waals surface area contributed by atoms with Crippen LogP contribution >= 0.6 is 11.3 Å². The summed E-state index contributed by atoms with van der Waals surface area (Å²) >= 11 is 1.41. The number of fused-ring (bicyclic) bond motifs is 1. The Bertz CT molecular complexity index is 747. The molecule has 0 saturated heterocycles. The van der Waals surface area contributed by atoms with E-state index in [4.69, 9.17) is 4.42 Å². The number of para-hydroxylation sites is 1. The summed E-state index contributed by atoms with van der Waals surface area (Å²) in [6.07, 6.45) is 0. The van der Waals surface area contributed by atoms with Gasteiger partial charge in [-0.3, -0.25) is 4.79 Å². The molecule has 0 bridgehead atoms. The molecule has 0 aliphatic heterocycles. The van der Waals surface area contributed by atoms with Crippen LogP contribution in [0.3, 0.4) is 0 Å². The van der Waals surface area contributed by atoms with Gasteiger partial charge >= 0.3 is 6.01 Å². The van der Waals surface area contributed by atoms with Crippen molar-refractivity contribution in [2.45, 2.75) is 6.92 Å². The SMILES string of the molecule is Cc1csc2oc(Nc3ccccc3)nc(=O)c12. The minimum absolute atomic E-state index is 0.223. The lowest BCUT2D eigenvalue weighted by Gasteiger charge is -2.02. The molecule has 18 heavy (non-hydrogen) atoms. The highest BCUT2D eigenvalue weighted by Crippen LogP contribution is 2.24. The van der Waals surface area contributed by atoms with Gasteiger partial charge in [-0.15, -0.1) is 11.3 Å². The van der Waals surface area contributed by atoms with Gasteiger partial charge in [0.25, 0.3) is 5.56 Å². The summed E-state index contributed by atoms with van der Waals surface area (Å²) in [6, 6.07) is 9.70. The largest absolute Gasteiger partial charge is 0.414 e. The molecule has 2 heterocycles. The van der Waals surface area contributed by atoms with E-state index >= 15 is 0 Å². The van der Waals surface area contributed by atoms with E-state index in [1.807, 2.05) is 42.6 Å². The molecule has 0 unspecified atom stereocenters. The molecule has 1 N–H and O–H groups in total. The summed E-state index contributed by atoms with van der Waals surface area (Å²) < 4.78 is 5.56. The van der Waals surface area contributed by atoms with Crippen molar-refractivity contribution >= 4 is 33.3 Å². The number of hydrogen-bond acceptors (Lipinski definition) is 5. The number of anilines is 2. The third kappa shape index (κ3) is 1.89. The van der Waals surface area contributed by atoms with Gasteiger partial charge in [0.15, 0.2) is 4.90 Å². The van der Waals surface area contributed by atoms with Crippen molar-refractivity contribution in [1.82, 2.24) is 4.98 Å². The predicted octanol–water partition coefficient (Wildman–Crippen LogP) is 3.30. The van der Waals surface area contributed by atoms with Crippen LogP contribution in [0.4, 0.5) is 11.7 Å². The van der Waals surface area contributed by atoms with Gasteiger partial charge in [0.05, 0.1) is 5.39 Å². The summed E-state index contributed by atoms with van der Waals surface area (Å²) in [6.45, 7) is 1.88. The van der Waals surface area contributed by atoms with Crippen molar-refractivity contribution in [2.75, 3.05) is 5.32 Å². The fourth-order valence-electron chi connectivity index (χ4n) is 1.71. The summed E-state index contributed by atoms with van der Waals surface area (Å²) in [5, 5.41) is 5.44. The molecule has 5 heteroatoms. The predicted molar refractivity (Wildman–Crippen MR) is 72.6 cm³/mol. The molecule has 3 rings (SSSR count). The highest BCUT2D eigenvalue weighted by atomic mass is 32.1. The fourth-order valence-corrected chi connectivity index (χ4v) is 2.60. The first-order valence-corrected chi connectivity index (χ1v) is 6.33. The molecule has 4 nitrogen and oxygen atoms in total. The van der Waals surface area contributed by atoms with Gasteiger partial charge < -0.3 is 9.73 Å². The molecule has 0 amide bonds. The van der Waals surface area contributed by atoms with Crippen molar-refractivity contribution in [3.05, 3.63) is 51.6 Å². The van der Waals surface area contributed by atoms with Gasteiger partial charge in [-0.05, 0) is 30.0 Å². The summed E-state index contributed by atoms with van der Waals surface area (Å²) in [4.78, 5) is 16.4. The zero-order chi connectivity index (χ0) is 12.5. The Kier molecular flexibility index (Phi) is 2.60. The number of benzene rings is 1. The molecule has 0 aliphatic rings. The molecular weight excluding hydrogens is 248 g/mol.